The number of benzene rings is 3. The molecule has 0 radical (unpaired) electrons. The monoisotopic (exact) mass is 694 g/mol. The summed E-state index contributed by atoms with van der Waals surface area (Å²) in [6, 6.07) is 16.9. The number of nitrogens with one attached hydrogen (secondary N) is 2. The van der Waals surface area contributed by atoms with Gasteiger partial charge in [-0.15, -0.1) is 0 Å². The quantitative estimate of drug-likeness (QED) is 0.107. The normalized spacial score (nSPS) is 15.1. The molecule has 0 saturated heterocycles. The summed E-state index contributed by atoms with van der Waals surface area (Å²) in [5.74, 6) is -5.10. The Bertz CT molecular complexity index is 1630. The predicted octanol–water partition coefficient (Wildman–Crippen LogP) is 6.48. The van der Waals surface area contributed by atoms with E-state index in [0.29, 0.717) is 37.7 Å². The zero-order valence-corrected chi connectivity index (χ0v) is 26.5. The summed E-state index contributed by atoms with van der Waals surface area (Å²) in [4.78, 5) is 22.4. The van der Waals surface area contributed by atoms with E-state index in [9.17, 15) is 31.1 Å². The molecular weight excluding hydrogens is 658 g/mol. The van der Waals surface area contributed by atoms with E-state index >= 15 is 0 Å². The molecule has 8 nitrogen and oxygen atoms in total. The average molecular weight is 695 g/mol. The van der Waals surface area contributed by atoms with Crippen molar-refractivity contribution < 1.29 is 55.2 Å². The standard InChI is InChI=1S/C33H35F3N2O4.C2HF3O2/c1-40-24-5-2-6-25(18-24)42-20-30(23-11-12-23)38-33(39)27-19-37-16-15-26(27)22-9-7-21(8-10-22)4-3-17-41-32-29(35)14-13-28(34)31(32)36;3-2(4,5)1(6)7/h2,5-10,13-14,18,23,30,37H,3-4,11-12,15-17,19-20H2,1H3,(H,38,39);(H,6,7). The van der Waals surface area contributed by atoms with Crippen molar-refractivity contribution in [2.24, 2.45) is 5.92 Å². The minimum Gasteiger partial charge on any atom is -0.497 e. The lowest BCUT2D eigenvalue weighted by Crippen LogP contribution is -2.44. The molecule has 1 saturated carbocycles. The highest BCUT2D eigenvalue weighted by Gasteiger charge is 2.38. The van der Waals surface area contributed by atoms with Crippen molar-refractivity contribution in [3.8, 4) is 17.2 Å². The molecule has 14 heteroatoms. The molecule has 49 heavy (non-hydrogen) atoms. The fraction of sp³-hybridized carbons (Fsp3) is 0.371. The van der Waals surface area contributed by atoms with Gasteiger partial charge in [0.1, 0.15) is 18.1 Å². The number of carboxylic acid groups (broad SMARTS) is 1. The van der Waals surface area contributed by atoms with E-state index < -0.39 is 35.3 Å². The Morgan fingerprint density at radius 2 is 1.65 bits per heavy atom. The second kappa shape index (κ2) is 17.1. The number of methoxy groups -OCH3 is 1. The third-order valence-electron chi connectivity index (χ3n) is 7.87. The van der Waals surface area contributed by atoms with Gasteiger partial charge in [0.15, 0.2) is 17.4 Å². The van der Waals surface area contributed by atoms with Gasteiger partial charge in [0.25, 0.3) is 0 Å². The molecule has 0 bridgehead atoms. The lowest BCUT2D eigenvalue weighted by atomic mass is 9.92. The van der Waals surface area contributed by atoms with Crippen LogP contribution >= 0.6 is 0 Å². The van der Waals surface area contributed by atoms with Gasteiger partial charge in [-0.3, -0.25) is 4.79 Å². The molecule has 1 aliphatic heterocycles. The first-order chi connectivity index (χ1) is 23.4. The van der Waals surface area contributed by atoms with Crippen LogP contribution in [0.1, 0.15) is 36.8 Å². The van der Waals surface area contributed by atoms with Gasteiger partial charge in [0, 0.05) is 18.2 Å². The summed E-state index contributed by atoms with van der Waals surface area (Å²) in [6.45, 7) is 1.70. The number of hydrogen-bond acceptors (Lipinski definition) is 6. The molecular formula is C35H36F6N2O6. The summed E-state index contributed by atoms with van der Waals surface area (Å²) in [5, 5.41) is 13.7. The molecule has 1 heterocycles. The van der Waals surface area contributed by atoms with Crippen LogP contribution in [0.4, 0.5) is 26.3 Å². The van der Waals surface area contributed by atoms with Gasteiger partial charge in [-0.05, 0) is 85.5 Å². The van der Waals surface area contributed by atoms with Gasteiger partial charge in [0.05, 0.1) is 19.8 Å². The van der Waals surface area contributed by atoms with Gasteiger partial charge in [0.2, 0.25) is 11.7 Å². The van der Waals surface area contributed by atoms with E-state index in [2.05, 4.69) is 10.6 Å². The smallest absolute Gasteiger partial charge is 0.490 e. The maximum atomic E-state index is 13.8. The summed E-state index contributed by atoms with van der Waals surface area (Å²) >= 11 is 0. The minimum absolute atomic E-state index is 0.0455. The van der Waals surface area contributed by atoms with E-state index in [1.54, 1.807) is 7.11 Å². The van der Waals surface area contributed by atoms with Gasteiger partial charge in [-0.2, -0.15) is 17.6 Å². The second-order valence-corrected chi connectivity index (χ2v) is 11.4. The fourth-order valence-corrected chi connectivity index (χ4v) is 5.11. The van der Waals surface area contributed by atoms with Crippen LogP contribution in [0, 0.1) is 23.4 Å². The molecule has 264 valence electrons. The number of carbonyl (C=O) groups is 2. The van der Waals surface area contributed by atoms with Crippen molar-refractivity contribution in [2.75, 3.05) is 33.4 Å². The van der Waals surface area contributed by atoms with Crippen molar-refractivity contribution in [2.45, 2.75) is 44.3 Å². The number of hydrogen-bond donors (Lipinski definition) is 3. The molecule has 1 atom stereocenters. The Kier molecular flexibility index (Phi) is 12.9. The molecule has 0 spiro atoms. The molecule has 5 rings (SSSR count). The van der Waals surface area contributed by atoms with Crippen LogP contribution in [0.5, 0.6) is 17.2 Å². The number of halogens is 6. The Morgan fingerprint density at radius 1 is 0.980 bits per heavy atom. The fourth-order valence-electron chi connectivity index (χ4n) is 5.11. The largest absolute Gasteiger partial charge is 0.497 e. The first-order valence-electron chi connectivity index (χ1n) is 15.5. The summed E-state index contributed by atoms with van der Waals surface area (Å²) in [5.41, 5.74) is 3.75. The molecule has 1 fully saturated rings. The van der Waals surface area contributed by atoms with Gasteiger partial charge < -0.3 is 30.0 Å². The van der Waals surface area contributed by atoms with Gasteiger partial charge >= 0.3 is 12.1 Å². The number of carboxylic acids is 1. The summed E-state index contributed by atoms with van der Waals surface area (Å²) < 4.78 is 89.1. The maximum Gasteiger partial charge on any atom is 0.490 e. The van der Waals surface area contributed by atoms with Crippen molar-refractivity contribution in [1.29, 1.82) is 0 Å². The Hall–Kier alpha value is -4.72. The number of ether oxygens (including phenoxy) is 3. The molecule has 1 amide bonds. The lowest BCUT2D eigenvalue weighted by Gasteiger charge is -2.25. The van der Waals surface area contributed by atoms with E-state index in [1.807, 2.05) is 48.5 Å². The molecule has 3 aromatic rings. The van der Waals surface area contributed by atoms with Crippen LogP contribution in [-0.4, -0.2) is 62.6 Å². The van der Waals surface area contributed by atoms with Crippen molar-refractivity contribution in [3.05, 3.63) is 94.8 Å². The topological polar surface area (TPSA) is 106 Å². The lowest BCUT2D eigenvalue weighted by molar-refractivity contribution is -0.192. The predicted molar refractivity (Wildman–Crippen MR) is 168 cm³/mol. The number of alkyl halides is 3. The first kappa shape index (κ1) is 37.1. The van der Waals surface area contributed by atoms with Gasteiger partial charge in [-0.25, -0.2) is 13.6 Å². The van der Waals surface area contributed by atoms with Crippen LogP contribution in [0.3, 0.4) is 0 Å². The van der Waals surface area contributed by atoms with Crippen LogP contribution in [0.25, 0.3) is 5.57 Å². The molecule has 0 aromatic heterocycles. The minimum atomic E-state index is -5.08. The molecule has 1 aliphatic carbocycles. The molecule has 2 aliphatic rings. The Morgan fingerprint density at radius 3 is 2.31 bits per heavy atom. The highest BCUT2D eigenvalue weighted by molar-refractivity contribution is 6.02. The van der Waals surface area contributed by atoms with Crippen molar-refractivity contribution in [1.82, 2.24) is 10.6 Å². The summed E-state index contributed by atoms with van der Waals surface area (Å²) in [7, 11) is 1.61. The number of carbonyl (C=O) groups excluding carboxylic acids is 1. The van der Waals surface area contributed by atoms with E-state index in [1.165, 1.54) is 0 Å². The van der Waals surface area contributed by atoms with E-state index in [-0.39, 0.29) is 18.6 Å². The number of aliphatic carboxylic acids is 1. The van der Waals surface area contributed by atoms with E-state index in [0.717, 1.165) is 66.0 Å². The van der Waals surface area contributed by atoms with Crippen LogP contribution in [-0.2, 0) is 16.0 Å². The number of amides is 1. The Labute approximate surface area is 279 Å². The zero-order chi connectivity index (χ0) is 35.6. The second-order valence-electron chi connectivity index (χ2n) is 11.4. The first-order valence-corrected chi connectivity index (χ1v) is 15.5. The zero-order valence-electron chi connectivity index (χ0n) is 26.5. The molecule has 1 unspecified atom stereocenters. The summed E-state index contributed by atoms with van der Waals surface area (Å²) in [6.07, 6.45) is -1.11. The third-order valence-corrected chi connectivity index (χ3v) is 7.87. The average Bonchev–Trinajstić information content (AvgIpc) is 3.94. The highest BCUT2D eigenvalue weighted by Crippen LogP contribution is 2.34. The highest BCUT2D eigenvalue weighted by atomic mass is 19.4. The SMILES string of the molecule is COc1cccc(OCC(NC(=O)C2=C(c3ccc(CCCOc4c(F)ccc(F)c4F)cc3)CCNC2)C2CC2)c1.O=C(O)C(F)(F)F. The molecule has 3 aromatic carbocycles. The van der Waals surface area contributed by atoms with E-state index in [4.69, 9.17) is 24.1 Å². The number of rotatable bonds is 13. The van der Waals surface area contributed by atoms with Crippen LogP contribution < -0.4 is 24.8 Å². The van der Waals surface area contributed by atoms with Crippen molar-refractivity contribution >= 4 is 17.4 Å². The Balaban J connectivity index is 0.000000698. The number of aryl methyl sites for hydroxylation is 1. The van der Waals surface area contributed by atoms with Gasteiger partial charge in [-0.1, -0.05) is 30.3 Å². The van der Waals surface area contributed by atoms with Crippen molar-refractivity contribution in [3.63, 3.8) is 0 Å². The van der Waals surface area contributed by atoms with Crippen LogP contribution in [0.2, 0.25) is 0 Å². The molecule has 3 N–H and O–H groups in total. The maximum absolute atomic E-state index is 13.8. The van der Waals surface area contributed by atoms with Crippen LogP contribution in [0.15, 0.2) is 66.2 Å². The third kappa shape index (κ3) is 10.9.